The van der Waals surface area contributed by atoms with Gasteiger partial charge in [0.2, 0.25) is 10.0 Å². The van der Waals surface area contributed by atoms with E-state index in [0.717, 1.165) is 42.1 Å². The van der Waals surface area contributed by atoms with E-state index in [2.05, 4.69) is 4.72 Å². The fourth-order valence-electron chi connectivity index (χ4n) is 4.18. The first-order valence-electron chi connectivity index (χ1n) is 11.1. The first-order chi connectivity index (χ1) is 15.1. The SMILES string of the molecule is CC(C)(C)OC(=O)n1c(-c2ccc(S(=O)(=O)NC3CCCCC3)cc2)cc2ccccc21. The van der Waals surface area contributed by atoms with Gasteiger partial charge in [0.1, 0.15) is 5.60 Å². The van der Waals surface area contributed by atoms with Crippen molar-refractivity contribution in [1.82, 2.24) is 9.29 Å². The van der Waals surface area contributed by atoms with Crippen LogP contribution in [0.25, 0.3) is 22.2 Å². The number of hydrogen-bond acceptors (Lipinski definition) is 4. The molecule has 0 unspecified atom stereocenters. The lowest BCUT2D eigenvalue weighted by Crippen LogP contribution is -2.36. The molecule has 1 fully saturated rings. The van der Waals surface area contributed by atoms with Gasteiger partial charge in [-0.1, -0.05) is 49.6 Å². The Balaban J connectivity index is 1.67. The molecule has 0 amide bonds. The number of carbonyl (C=O) groups is 1. The second-order valence-corrected chi connectivity index (χ2v) is 11.1. The highest BCUT2D eigenvalue weighted by atomic mass is 32.2. The molecule has 6 nitrogen and oxygen atoms in total. The quantitative estimate of drug-likeness (QED) is 0.548. The number of rotatable bonds is 4. The zero-order chi connectivity index (χ0) is 22.9. The van der Waals surface area contributed by atoms with Gasteiger partial charge in [0.05, 0.1) is 16.1 Å². The van der Waals surface area contributed by atoms with Crippen LogP contribution < -0.4 is 4.72 Å². The summed E-state index contributed by atoms with van der Waals surface area (Å²) in [5, 5.41) is 0.907. The Morgan fingerprint density at radius 1 is 1.00 bits per heavy atom. The van der Waals surface area contributed by atoms with Crippen LogP contribution in [0.3, 0.4) is 0 Å². The maximum atomic E-state index is 13.0. The lowest BCUT2D eigenvalue weighted by Gasteiger charge is -2.22. The minimum absolute atomic E-state index is 0.00289. The molecule has 3 aromatic rings. The molecule has 1 saturated carbocycles. The lowest BCUT2D eigenvalue weighted by atomic mass is 9.96. The molecule has 170 valence electrons. The van der Waals surface area contributed by atoms with Gasteiger partial charge in [0.15, 0.2) is 0 Å². The molecule has 0 aliphatic heterocycles. The van der Waals surface area contributed by atoms with Crippen molar-refractivity contribution in [3.63, 3.8) is 0 Å². The monoisotopic (exact) mass is 454 g/mol. The summed E-state index contributed by atoms with van der Waals surface area (Å²) in [5.74, 6) is 0. The standard InChI is InChI=1S/C25H30N2O4S/c1-25(2,3)31-24(28)27-22-12-8-7-9-19(22)17-23(27)18-13-15-21(16-14-18)32(29,30)26-20-10-5-4-6-11-20/h7-9,12-17,20,26H,4-6,10-11H2,1-3H3. The van der Waals surface area contributed by atoms with Gasteiger partial charge in [-0.15, -0.1) is 0 Å². The Morgan fingerprint density at radius 2 is 1.66 bits per heavy atom. The number of aromatic nitrogens is 1. The molecule has 1 aliphatic carbocycles. The summed E-state index contributed by atoms with van der Waals surface area (Å²) in [7, 11) is -3.58. The number of ether oxygens (including phenoxy) is 1. The summed E-state index contributed by atoms with van der Waals surface area (Å²) >= 11 is 0. The van der Waals surface area contributed by atoms with Crippen molar-refractivity contribution < 1.29 is 17.9 Å². The Hall–Kier alpha value is -2.64. The average Bonchev–Trinajstić information content (AvgIpc) is 3.13. The van der Waals surface area contributed by atoms with Crippen LogP contribution in [0.1, 0.15) is 52.9 Å². The number of benzene rings is 2. The Labute approximate surface area is 189 Å². The predicted octanol–water partition coefficient (Wildman–Crippen LogP) is 5.70. The largest absolute Gasteiger partial charge is 0.443 e. The predicted molar refractivity (Wildman–Crippen MR) is 126 cm³/mol. The first kappa shape index (κ1) is 22.6. The highest BCUT2D eigenvalue weighted by molar-refractivity contribution is 7.89. The molecule has 1 aromatic heterocycles. The van der Waals surface area contributed by atoms with E-state index in [-0.39, 0.29) is 10.9 Å². The van der Waals surface area contributed by atoms with Crippen LogP contribution in [0.15, 0.2) is 59.5 Å². The zero-order valence-electron chi connectivity index (χ0n) is 18.8. The van der Waals surface area contributed by atoms with Gasteiger partial charge in [-0.25, -0.2) is 22.5 Å². The minimum Gasteiger partial charge on any atom is -0.443 e. The summed E-state index contributed by atoms with van der Waals surface area (Å²) in [6.45, 7) is 5.49. The summed E-state index contributed by atoms with van der Waals surface area (Å²) in [4.78, 5) is 13.2. The molecule has 0 bridgehead atoms. The van der Waals surface area contributed by atoms with E-state index in [1.54, 1.807) is 28.8 Å². The third-order valence-electron chi connectivity index (χ3n) is 5.67. The molecule has 1 N–H and O–H groups in total. The molecule has 0 spiro atoms. The molecule has 32 heavy (non-hydrogen) atoms. The number of nitrogens with zero attached hydrogens (tertiary/aromatic N) is 1. The molecule has 4 rings (SSSR count). The van der Waals surface area contributed by atoms with Crippen molar-refractivity contribution in [1.29, 1.82) is 0 Å². The first-order valence-corrected chi connectivity index (χ1v) is 12.6. The third kappa shape index (κ3) is 4.89. The van der Waals surface area contributed by atoms with Crippen LogP contribution in [-0.2, 0) is 14.8 Å². The summed E-state index contributed by atoms with van der Waals surface area (Å²) < 4.78 is 35.7. The van der Waals surface area contributed by atoms with E-state index in [1.807, 2.05) is 51.1 Å². The van der Waals surface area contributed by atoms with Crippen molar-refractivity contribution in [2.75, 3.05) is 0 Å². The highest BCUT2D eigenvalue weighted by Crippen LogP contribution is 2.30. The van der Waals surface area contributed by atoms with Crippen molar-refractivity contribution in [3.8, 4) is 11.3 Å². The number of sulfonamides is 1. The van der Waals surface area contributed by atoms with E-state index in [0.29, 0.717) is 5.69 Å². The van der Waals surface area contributed by atoms with Gasteiger partial charge in [-0.3, -0.25) is 0 Å². The van der Waals surface area contributed by atoms with E-state index in [1.165, 1.54) is 6.42 Å². The Morgan fingerprint density at radius 3 is 2.31 bits per heavy atom. The summed E-state index contributed by atoms with van der Waals surface area (Å²) in [5.41, 5.74) is 1.50. The number of para-hydroxylation sites is 1. The van der Waals surface area contributed by atoms with Gasteiger partial charge < -0.3 is 4.74 Å². The lowest BCUT2D eigenvalue weighted by molar-refractivity contribution is 0.0547. The number of fused-ring (bicyclic) bond motifs is 1. The van der Waals surface area contributed by atoms with Crippen molar-refractivity contribution >= 4 is 27.0 Å². The van der Waals surface area contributed by atoms with Crippen molar-refractivity contribution in [2.24, 2.45) is 0 Å². The number of carbonyl (C=O) groups excluding carboxylic acids is 1. The molecule has 0 atom stereocenters. The smallest absolute Gasteiger partial charge is 0.419 e. The van der Waals surface area contributed by atoms with E-state index in [4.69, 9.17) is 4.74 Å². The molecule has 1 aliphatic rings. The minimum atomic E-state index is -3.58. The topological polar surface area (TPSA) is 77.4 Å². The fourth-order valence-corrected chi connectivity index (χ4v) is 5.49. The number of hydrogen-bond donors (Lipinski definition) is 1. The second kappa shape index (κ2) is 8.71. The van der Waals surface area contributed by atoms with Crippen LogP contribution in [0.4, 0.5) is 4.79 Å². The summed E-state index contributed by atoms with van der Waals surface area (Å²) in [6.07, 6.45) is 4.58. The Bertz CT molecular complexity index is 1220. The average molecular weight is 455 g/mol. The van der Waals surface area contributed by atoms with E-state index < -0.39 is 21.7 Å². The van der Waals surface area contributed by atoms with Crippen molar-refractivity contribution in [2.45, 2.75) is 69.4 Å². The van der Waals surface area contributed by atoms with Gasteiger partial charge in [-0.05, 0) is 63.4 Å². The van der Waals surface area contributed by atoms with Crippen LogP contribution in [-0.4, -0.2) is 30.7 Å². The molecule has 0 saturated heterocycles. The maximum absolute atomic E-state index is 13.0. The van der Waals surface area contributed by atoms with Crippen LogP contribution >= 0.6 is 0 Å². The van der Waals surface area contributed by atoms with Gasteiger partial charge >= 0.3 is 6.09 Å². The number of nitrogens with one attached hydrogen (secondary N) is 1. The molecule has 7 heteroatoms. The van der Waals surface area contributed by atoms with Gasteiger partial charge in [-0.2, -0.15) is 0 Å². The van der Waals surface area contributed by atoms with Crippen molar-refractivity contribution in [3.05, 3.63) is 54.6 Å². The fraction of sp³-hybridized carbons (Fsp3) is 0.400. The van der Waals surface area contributed by atoms with Crippen LogP contribution in [0, 0.1) is 0 Å². The van der Waals surface area contributed by atoms with Gasteiger partial charge in [0, 0.05) is 11.4 Å². The third-order valence-corrected chi connectivity index (χ3v) is 7.21. The second-order valence-electron chi connectivity index (χ2n) is 9.38. The summed E-state index contributed by atoms with van der Waals surface area (Å²) in [6, 6.07) is 16.2. The molecular weight excluding hydrogens is 424 g/mol. The Kier molecular flexibility index (Phi) is 6.14. The van der Waals surface area contributed by atoms with Gasteiger partial charge in [0.25, 0.3) is 0 Å². The maximum Gasteiger partial charge on any atom is 0.419 e. The highest BCUT2D eigenvalue weighted by Gasteiger charge is 2.24. The van der Waals surface area contributed by atoms with E-state index in [9.17, 15) is 13.2 Å². The normalized spacial score (nSPS) is 15.7. The molecular formula is C25H30N2O4S. The molecule has 1 heterocycles. The van der Waals surface area contributed by atoms with E-state index >= 15 is 0 Å². The van der Waals surface area contributed by atoms with Crippen LogP contribution in [0.5, 0.6) is 0 Å². The zero-order valence-corrected chi connectivity index (χ0v) is 19.6. The molecule has 2 aromatic carbocycles. The molecule has 0 radical (unpaired) electrons. The van der Waals surface area contributed by atoms with Crippen LogP contribution in [0.2, 0.25) is 0 Å².